The summed E-state index contributed by atoms with van der Waals surface area (Å²) in [6, 6.07) is 23.5. The van der Waals surface area contributed by atoms with E-state index in [9.17, 15) is 9.59 Å². The van der Waals surface area contributed by atoms with Crippen molar-refractivity contribution in [3.8, 4) is 5.75 Å². The molecule has 200 valence electrons. The highest BCUT2D eigenvalue weighted by molar-refractivity contribution is 5.88. The maximum absolute atomic E-state index is 13.8. The summed E-state index contributed by atoms with van der Waals surface area (Å²) >= 11 is 0. The Bertz CT molecular complexity index is 1200. The molecule has 1 saturated carbocycles. The van der Waals surface area contributed by atoms with Crippen molar-refractivity contribution in [2.24, 2.45) is 0 Å². The second-order valence-corrected chi connectivity index (χ2v) is 10.6. The number of aryl methyl sites for hydroxylation is 3. The van der Waals surface area contributed by atoms with Crippen molar-refractivity contribution in [3.63, 3.8) is 0 Å². The lowest BCUT2D eigenvalue weighted by Crippen LogP contribution is -2.53. The molecular weight excluding hydrogens is 472 g/mol. The van der Waals surface area contributed by atoms with E-state index in [1.54, 1.807) is 4.90 Å². The highest BCUT2D eigenvalue weighted by atomic mass is 16.5. The summed E-state index contributed by atoms with van der Waals surface area (Å²) in [6.07, 6.45) is 5.90. The zero-order valence-corrected chi connectivity index (χ0v) is 22.9. The molecule has 0 saturated heterocycles. The quantitative estimate of drug-likeness (QED) is 0.358. The summed E-state index contributed by atoms with van der Waals surface area (Å²) in [7, 11) is 0. The first kappa shape index (κ1) is 27.4. The fourth-order valence-electron chi connectivity index (χ4n) is 5.17. The Labute approximate surface area is 227 Å². The molecule has 3 aromatic carbocycles. The number of amides is 2. The van der Waals surface area contributed by atoms with Crippen molar-refractivity contribution in [3.05, 3.63) is 101 Å². The number of carbonyl (C=O) groups excluding carboxylic acids is 2. The minimum atomic E-state index is -0.643. The van der Waals surface area contributed by atoms with Crippen molar-refractivity contribution in [2.75, 3.05) is 6.61 Å². The van der Waals surface area contributed by atoms with E-state index in [1.807, 2.05) is 93.6 Å². The van der Waals surface area contributed by atoms with Crippen LogP contribution in [-0.2, 0) is 22.6 Å². The molecule has 5 nitrogen and oxygen atoms in total. The van der Waals surface area contributed by atoms with Crippen LogP contribution in [0.4, 0.5) is 0 Å². The molecule has 1 aliphatic rings. The van der Waals surface area contributed by atoms with Crippen LogP contribution < -0.4 is 10.1 Å². The Morgan fingerprint density at radius 1 is 0.868 bits per heavy atom. The second kappa shape index (κ2) is 13.3. The number of nitrogens with one attached hydrogen (secondary N) is 1. The molecule has 0 radical (unpaired) electrons. The lowest BCUT2D eigenvalue weighted by Gasteiger charge is -2.33. The predicted octanol–water partition coefficient (Wildman–Crippen LogP) is 6.08. The molecule has 0 bridgehead atoms. The molecule has 0 aromatic heterocycles. The van der Waals surface area contributed by atoms with E-state index >= 15 is 0 Å². The van der Waals surface area contributed by atoms with Crippen LogP contribution in [0.25, 0.3) is 0 Å². The number of rotatable bonds is 10. The standard InChI is InChI=1S/C33H40N2O3/c1-24-14-17-28(18-15-24)22-35(32(36)23-38-31-19-16-25(2)20-26(31)3)30(21-27-10-6-4-7-11-27)33(37)34-29-12-8-5-9-13-29/h4,6-7,10-11,14-20,29-30H,5,8-9,12-13,21-23H2,1-3H3,(H,34,37). The summed E-state index contributed by atoms with van der Waals surface area (Å²) in [6.45, 7) is 6.26. The number of hydrogen-bond acceptors (Lipinski definition) is 3. The Morgan fingerprint density at radius 2 is 1.55 bits per heavy atom. The SMILES string of the molecule is Cc1ccc(CN(C(=O)COc2ccc(C)cc2C)C(Cc2ccccc2)C(=O)NC2CCCCC2)cc1. The summed E-state index contributed by atoms with van der Waals surface area (Å²) < 4.78 is 6.00. The Kier molecular flexibility index (Phi) is 9.58. The average molecular weight is 513 g/mol. The van der Waals surface area contributed by atoms with Crippen LogP contribution in [0.5, 0.6) is 5.75 Å². The van der Waals surface area contributed by atoms with Gasteiger partial charge >= 0.3 is 0 Å². The van der Waals surface area contributed by atoms with Gasteiger partial charge in [0.25, 0.3) is 5.91 Å². The lowest BCUT2D eigenvalue weighted by molar-refractivity contribution is -0.143. The van der Waals surface area contributed by atoms with Crippen LogP contribution >= 0.6 is 0 Å². The molecule has 1 fully saturated rings. The van der Waals surface area contributed by atoms with Crippen LogP contribution in [0.3, 0.4) is 0 Å². The first-order chi connectivity index (χ1) is 18.4. The van der Waals surface area contributed by atoms with Crippen molar-refractivity contribution in [2.45, 2.75) is 77.9 Å². The second-order valence-electron chi connectivity index (χ2n) is 10.6. The molecule has 0 heterocycles. The van der Waals surface area contributed by atoms with E-state index in [0.29, 0.717) is 18.7 Å². The largest absolute Gasteiger partial charge is 0.483 e. The van der Waals surface area contributed by atoms with Crippen LogP contribution in [0, 0.1) is 20.8 Å². The van der Waals surface area contributed by atoms with Gasteiger partial charge < -0.3 is 15.0 Å². The molecule has 0 spiro atoms. The van der Waals surface area contributed by atoms with E-state index in [4.69, 9.17) is 4.74 Å². The van der Waals surface area contributed by atoms with Gasteiger partial charge in [-0.15, -0.1) is 0 Å². The third-order valence-electron chi connectivity index (χ3n) is 7.38. The lowest BCUT2D eigenvalue weighted by atomic mass is 9.94. The Balaban J connectivity index is 1.61. The number of carbonyl (C=O) groups is 2. The maximum Gasteiger partial charge on any atom is 0.261 e. The number of hydrogen-bond donors (Lipinski definition) is 1. The first-order valence-corrected chi connectivity index (χ1v) is 13.8. The normalized spacial score (nSPS) is 14.5. The third kappa shape index (κ3) is 7.70. The van der Waals surface area contributed by atoms with Gasteiger partial charge in [-0.3, -0.25) is 9.59 Å². The van der Waals surface area contributed by atoms with Gasteiger partial charge in [0, 0.05) is 19.0 Å². The topological polar surface area (TPSA) is 58.6 Å². The van der Waals surface area contributed by atoms with Crippen LogP contribution in [-0.4, -0.2) is 35.4 Å². The minimum Gasteiger partial charge on any atom is -0.483 e. The van der Waals surface area contributed by atoms with Gasteiger partial charge in [0.1, 0.15) is 11.8 Å². The van der Waals surface area contributed by atoms with E-state index in [0.717, 1.165) is 53.5 Å². The van der Waals surface area contributed by atoms with Crippen LogP contribution in [0.1, 0.15) is 59.9 Å². The molecule has 1 aliphatic carbocycles. The summed E-state index contributed by atoms with van der Waals surface area (Å²) in [4.78, 5) is 29.3. The molecular formula is C33H40N2O3. The molecule has 1 N–H and O–H groups in total. The fraction of sp³-hybridized carbons (Fsp3) is 0.394. The van der Waals surface area contributed by atoms with Gasteiger partial charge in [-0.2, -0.15) is 0 Å². The van der Waals surface area contributed by atoms with E-state index < -0.39 is 6.04 Å². The minimum absolute atomic E-state index is 0.0901. The number of ether oxygens (including phenoxy) is 1. The van der Waals surface area contributed by atoms with Gasteiger partial charge in [-0.1, -0.05) is 97.1 Å². The van der Waals surface area contributed by atoms with Gasteiger partial charge in [-0.05, 0) is 56.4 Å². The molecule has 1 atom stereocenters. The predicted molar refractivity (Wildman–Crippen MR) is 152 cm³/mol. The van der Waals surface area contributed by atoms with Crippen molar-refractivity contribution in [1.82, 2.24) is 10.2 Å². The highest BCUT2D eigenvalue weighted by Gasteiger charge is 2.32. The number of nitrogens with zero attached hydrogens (tertiary/aromatic N) is 1. The molecule has 3 aromatic rings. The van der Waals surface area contributed by atoms with E-state index in [-0.39, 0.29) is 24.5 Å². The van der Waals surface area contributed by atoms with Crippen LogP contribution in [0.2, 0.25) is 0 Å². The molecule has 0 aliphatic heterocycles. The van der Waals surface area contributed by atoms with Gasteiger partial charge in [-0.25, -0.2) is 0 Å². The summed E-state index contributed by atoms with van der Waals surface area (Å²) in [5.74, 6) is 0.392. The third-order valence-corrected chi connectivity index (χ3v) is 7.38. The van der Waals surface area contributed by atoms with Crippen molar-refractivity contribution >= 4 is 11.8 Å². The molecule has 2 amide bonds. The first-order valence-electron chi connectivity index (χ1n) is 13.8. The molecule has 4 rings (SSSR count). The Hall–Kier alpha value is -3.60. The van der Waals surface area contributed by atoms with Crippen LogP contribution in [0.15, 0.2) is 72.8 Å². The zero-order valence-electron chi connectivity index (χ0n) is 22.9. The van der Waals surface area contributed by atoms with Gasteiger partial charge in [0.15, 0.2) is 6.61 Å². The van der Waals surface area contributed by atoms with Crippen molar-refractivity contribution < 1.29 is 14.3 Å². The summed E-state index contributed by atoms with van der Waals surface area (Å²) in [5, 5.41) is 3.28. The monoisotopic (exact) mass is 512 g/mol. The van der Waals surface area contributed by atoms with Gasteiger partial charge in [0.2, 0.25) is 5.91 Å². The summed E-state index contributed by atoms with van der Waals surface area (Å²) in [5.41, 5.74) is 5.29. The van der Waals surface area contributed by atoms with Crippen molar-refractivity contribution in [1.29, 1.82) is 0 Å². The highest BCUT2D eigenvalue weighted by Crippen LogP contribution is 2.22. The molecule has 38 heavy (non-hydrogen) atoms. The average Bonchev–Trinajstić information content (AvgIpc) is 2.92. The fourth-order valence-corrected chi connectivity index (χ4v) is 5.17. The zero-order chi connectivity index (χ0) is 26.9. The smallest absolute Gasteiger partial charge is 0.261 e. The van der Waals surface area contributed by atoms with E-state index in [1.165, 1.54) is 6.42 Å². The number of benzene rings is 3. The van der Waals surface area contributed by atoms with Gasteiger partial charge in [0.05, 0.1) is 0 Å². The maximum atomic E-state index is 13.8. The molecule has 1 unspecified atom stereocenters. The Morgan fingerprint density at radius 3 is 2.24 bits per heavy atom. The van der Waals surface area contributed by atoms with E-state index in [2.05, 4.69) is 5.32 Å². The molecule has 5 heteroatoms.